The molecule has 0 bridgehead atoms. The van der Waals surface area contributed by atoms with Crippen molar-refractivity contribution >= 4 is 42.8 Å². The van der Waals surface area contributed by atoms with E-state index < -0.39 is 20.7 Å². The van der Waals surface area contributed by atoms with Crippen LogP contribution in [0, 0.1) is 13.8 Å². The average molecular weight is 561 g/mol. The molecule has 208 valence electrons. The molecular formula is C24H29N6O8P. The lowest BCUT2D eigenvalue weighted by molar-refractivity contribution is 0.0445. The molecule has 1 aliphatic rings. The standard InChI is InChI=1S/C24H29N6O8P/c1-4-9-25-22(31)16-6-5-14(2)19(10-16)30(24(33)37-13-38-39(34,35)36)21-20-15(3)18(11-29(20)27-12-26-21)23(32)28-17-7-8-17/h5-6,10-12,17H,4,7-9,13H2,1-3H3,(H,25,31)(H,28,32)(H2,34,35,36). The van der Waals surface area contributed by atoms with Gasteiger partial charge >= 0.3 is 13.9 Å². The number of ether oxygens (including phenoxy) is 1. The second-order valence-electron chi connectivity index (χ2n) is 9.03. The number of aryl methyl sites for hydroxylation is 2. The van der Waals surface area contributed by atoms with Crippen molar-refractivity contribution in [3.8, 4) is 0 Å². The van der Waals surface area contributed by atoms with Crippen LogP contribution in [-0.4, -0.2) is 61.7 Å². The van der Waals surface area contributed by atoms with E-state index in [4.69, 9.17) is 14.5 Å². The van der Waals surface area contributed by atoms with Crippen LogP contribution in [0.2, 0.25) is 0 Å². The van der Waals surface area contributed by atoms with Crippen molar-refractivity contribution in [1.29, 1.82) is 0 Å². The van der Waals surface area contributed by atoms with Gasteiger partial charge in [-0.2, -0.15) is 5.10 Å². The van der Waals surface area contributed by atoms with E-state index in [1.165, 1.54) is 23.1 Å². The van der Waals surface area contributed by atoms with Gasteiger partial charge in [0.2, 0.25) is 6.79 Å². The van der Waals surface area contributed by atoms with E-state index >= 15 is 0 Å². The number of nitrogens with zero attached hydrogens (tertiary/aromatic N) is 4. The highest BCUT2D eigenvalue weighted by Crippen LogP contribution is 2.37. The molecule has 39 heavy (non-hydrogen) atoms. The predicted molar refractivity (Wildman–Crippen MR) is 139 cm³/mol. The molecule has 0 unspecified atom stereocenters. The van der Waals surface area contributed by atoms with Crippen LogP contribution in [0.4, 0.5) is 16.3 Å². The van der Waals surface area contributed by atoms with Gasteiger partial charge in [-0.3, -0.25) is 9.59 Å². The number of carbonyl (C=O) groups is 3. The topological polar surface area (TPSA) is 185 Å². The van der Waals surface area contributed by atoms with E-state index in [0.717, 1.165) is 24.2 Å². The predicted octanol–water partition coefficient (Wildman–Crippen LogP) is 2.72. The molecule has 4 N–H and O–H groups in total. The van der Waals surface area contributed by atoms with Gasteiger partial charge in [0.05, 0.1) is 11.3 Å². The molecule has 3 amide bonds. The van der Waals surface area contributed by atoms with Crippen LogP contribution < -0.4 is 15.5 Å². The summed E-state index contributed by atoms with van der Waals surface area (Å²) in [5.74, 6) is -0.633. The monoisotopic (exact) mass is 560 g/mol. The van der Waals surface area contributed by atoms with Crippen LogP contribution >= 0.6 is 7.82 Å². The normalized spacial score (nSPS) is 13.3. The first kappa shape index (κ1) is 28.2. The summed E-state index contributed by atoms with van der Waals surface area (Å²) in [5.41, 5.74) is 2.17. The number of fused-ring (bicyclic) bond motifs is 1. The minimum Gasteiger partial charge on any atom is -0.421 e. The Morgan fingerprint density at radius 3 is 2.62 bits per heavy atom. The van der Waals surface area contributed by atoms with E-state index in [-0.39, 0.29) is 34.9 Å². The number of phosphoric acid groups is 1. The van der Waals surface area contributed by atoms with Crippen molar-refractivity contribution in [3.05, 3.63) is 53.0 Å². The van der Waals surface area contributed by atoms with Gasteiger partial charge in [-0.15, -0.1) is 0 Å². The Kier molecular flexibility index (Phi) is 8.31. The first-order chi connectivity index (χ1) is 18.5. The number of nitrogens with one attached hydrogen (secondary N) is 2. The van der Waals surface area contributed by atoms with E-state index in [2.05, 4.69) is 25.2 Å². The van der Waals surface area contributed by atoms with Gasteiger partial charge in [0.1, 0.15) is 11.8 Å². The molecule has 0 aliphatic heterocycles. The van der Waals surface area contributed by atoms with Gasteiger partial charge in [-0.25, -0.2) is 28.3 Å². The lowest BCUT2D eigenvalue weighted by atomic mass is 10.1. The number of phosphoric ester groups is 1. The van der Waals surface area contributed by atoms with Crippen molar-refractivity contribution in [2.75, 3.05) is 18.2 Å². The van der Waals surface area contributed by atoms with E-state index in [9.17, 15) is 18.9 Å². The summed E-state index contributed by atoms with van der Waals surface area (Å²) >= 11 is 0. The molecule has 0 saturated heterocycles. The second kappa shape index (κ2) is 11.5. The van der Waals surface area contributed by atoms with Crippen LogP contribution in [0.15, 0.2) is 30.7 Å². The Morgan fingerprint density at radius 2 is 1.95 bits per heavy atom. The first-order valence-corrected chi connectivity index (χ1v) is 13.7. The minimum absolute atomic E-state index is 0.0170. The van der Waals surface area contributed by atoms with Gasteiger partial charge in [-0.1, -0.05) is 13.0 Å². The van der Waals surface area contributed by atoms with Crippen LogP contribution in [0.1, 0.15) is 58.0 Å². The summed E-state index contributed by atoms with van der Waals surface area (Å²) in [5, 5.41) is 9.88. The fraction of sp³-hybridized carbons (Fsp3) is 0.375. The first-order valence-electron chi connectivity index (χ1n) is 12.2. The number of hydrogen-bond donors (Lipinski definition) is 4. The summed E-state index contributed by atoms with van der Waals surface area (Å²) in [6.07, 6.45) is 4.15. The highest BCUT2D eigenvalue weighted by atomic mass is 31.2. The molecule has 1 aromatic carbocycles. The Balaban J connectivity index is 1.81. The average Bonchev–Trinajstić information content (AvgIpc) is 3.63. The van der Waals surface area contributed by atoms with E-state index in [1.807, 2.05) is 6.92 Å². The molecular weight excluding hydrogens is 531 g/mol. The van der Waals surface area contributed by atoms with Gasteiger partial charge in [-0.05, 0) is 56.4 Å². The largest absolute Gasteiger partial charge is 0.472 e. The molecule has 15 heteroatoms. The minimum atomic E-state index is -4.92. The van der Waals surface area contributed by atoms with Crippen molar-refractivity contribution in [2.45, 2.75) is 46.1 Å². The molecule has 3 aromatic rings. The molecule has 0 radical (unpaired) electrons. The van der Waals surface area contributed by atoms with Crippen LogP contribution in [0.5, 0.6) is 0 Å². The number of amides is 3. The fourth-order valence-electron chi connectivity index (χ4n) is 3.87. The van der Waals surface area contributed by atoms with E-state index in [0.29, 0.717) is 28.8 Å². The molecule has 0 atom stereocenters. The molecule has 1 aliphatic carbocycles. The molecule has 2 aromatic heterocycles. The van der Waals surface area contributed by atoms with Crippen LogP contribution in [0.25, 0.3) is 5.52 Å². The number of aromatic nitrogens is 3. The Bertz CT molecular complexity index is 1460. The zero-order valence-corrected chi connectivity index (χ0v) is 22.5. The Hall–Kier alpha value is -3.84. The summed E-state index contributed by atoms with van der Waals surface area (Å²) < 4.78 is 21.8. The maximum Gasteiger partial charge on any atom is 0.472 e. The van der Waals surface area contributed by atoms with Gasteiger partial charge in [0.15, 0.2) is 5.82 Å². The lowest BCUT2D eigenvalue weighted by Gasteiger charge is -2.24. The molecule has 1 saturated carbocycles. The number of benzene rings is 1. The number of anilines is 2. The summed E-state index contributed by atoms with van der Waals surface area (Å²) in [6.45, 7) is 4.71. The summed E-state index contributed by atoms with van der Waals surface area (Å²) in [7, 11) is -4.92. The second-order valence-corrected chi connectivity index (χ2v) is 10.3. The molecule has 4 rings (SSSR count). The highest BCUT2D eigenvalue weighted by Gasteiger charge is 2.30. The van der Waals surface area contributed by atoms with Gasteiger partial charge < -0.3 is 25.2 Å². The number of hydrogen-bond acceptors (Lipinski definition) is 8. The summed E-state index contributed by atoms with van der Waals surface area (Å²) in [6, 6.07) is 4.84. The third-order valence-electron chi connectivity index (χ3n) is 6.01. The Labute approximate surface area is 223 Å². The zero-order chi connectivity index (χ0) is 28.3. The highest BCUT2D eigenvalue weighted by molar-refractivity contribution is 7.46. The summed E-state index contributed by atoms with van der Waals surface area (Å²) in [4.78, 5) is 62.3. The maximum absolute atomic E-state index is 13.4. The molecule has 14 nitrogen and oxygen atoms in total. The van der Waals surface area contributed by atoms with E-state index in [1.54, 1.807) is 26.0 Å². The van der Waals surface area contributed by atoms with Crippen molar-refractivity contribution in [2.24, 2.45) is 0 Å². The smallest absolute Gasteiger partial charge is 0.421 e. The molecule has 0 spiro atoms. The third-order valence-corrected chi connectivity index (χ3v) is 6.45. The van der Waals surface area contributed by atoms with Crippen LogP contribution in [-0.2, 0) is 13.8 Å². The third kappa shape index (κ3) is 6.60. The van der Waals surface area contributed by atoms with Crippen molar-refractivity contribution in [3.63, 3.8) is 0 Å². The quantitative estimate of drug-likeness (QED) is 0.212. The fourth-order valence-corrected chi connectivity index (χ4v) is 4.06. The van der Waals surface area contributed by atoms with Crippen molar-refractivity contribution in [1.82, 2.24) is 25.2 Å². The van der Waals surface area contributed by atoms with Crippen LogP contribution in [0.3, 0.4) is 0 Å². The lowest BCUT2D eigenvalue weighted by Crippen LogP contribution is -2.30. The number of rotatable bonds is 10. The zero-order valence-electron chi connectivity index (χ0n) is 21.6. The van der Waals surface area contributed by atoms with Crippen molar-refractivity contribution < 1.29 is 38.0 Å². The maximum atomic E-state index is 13.4. The molecule has 1 fully saturated rings. The van der Waals surface area contributed by atoms with Gasteiger partial charge in [0.25, 0.3) is 11.8 Å². The SMILES string of the molecule is CCCNC(=O)c1ccc(C)c(N(C(=O)OCOP(=O)(O)O)c2ncnn3cc(C(=O)NC4CC4)c(C)c23)c1. The Morgan fingerprint density at radius 1 is 1.21 bits per heavy atom. The molecule has 2 heterocycles. The number of carbonyl (C=O) groups excluding carboxylic acids is 3. The van der Waals surface area contributed by atoms with Gasteiger partial charge in [0, 0.05) is 24.3 Å².